The summed E-state index contributed by atoms with van der Waals surface area (Å²) in [6.07, 6.45) is 8.07. The van der Waals surface area contributed by atoms with E-state index in [1.54, 1.807) is 6.20 Å². The van der Waals surface area contributed by atoms with E-state index in [1.807, 2.05) is 0 Å². The number of hydrogen-bond donors (Lipinski definition) is 1. The van der Waals surface area contributed by atoms with E-state index in [1.165, 1.54) is 12.3 Å². The molecule has 1 saturated heterocycles. The molecule has 3 heterocycles. The molecule has 1 fully saturated rings. The number of anilines is 2. The van der Waals surface area contributed by atoms with Crippen LogP contribution < -0.4 is 10.2 Å². The Kier molecular flexibility index (Phi) is 7.02. The maximum absolute atomic E-state index is 14.7. The predicted molar refractivity (Wildman–Crippen MR) is 137 cm³/mol. The Morgan fingerprint density at radius 2 is 1.78 bits per heavy atom. The van der Waals surface area contributed by atoms with E-state index in [4.69, 9.17) is 0 Å². The lowest BCUT2D eigenvalue weighted by Gasteiger charge is -2.32. The molecule has 0 spiro atoms. The Morgan fingerprint density at radius 1 is 1.08 bits per heavy atom. The molecule has 0 saturated carbocycles. The molecule has 194 valence electrons. The summed E-state index contributed by atoms with van der Waals surface area (Å²) in [5.41, 5.74) is 2.14. The third kappa shape index (κ3) is 4.86. The van der Waals surface area contributed by atoms with Gasteiger partial charge >= 0.3 is 0 Å². The lowest BCUT2D eigenvalue weighted by atomic mass is 10.0. The molecule has 1 aliphatic heterocycles. The van der Waals surface area contributed by atoms with Crippen molar-refractivity contribution in [3.8, 4) is 11.3 Å². The summed E-state index contributed by atoms with van der Waals surface area (Å²) >= 11 is 0. The fourth-order valence-electron chi connectivity index (χ4n) is 5.17. The second kappa shape index (κ2) is 10.2. The van der Waals surface area contributed by atoms with Gasteiger partial charge in [-0.1, -0.05) is 6.92 Å². The first-order valence-corrected chi connectivity index (χ1v) is 13.9. The van der Waals surface area contributed by atoms with Crippen LogP contribution in [0, 0.1) is 17.5 Å². The van der Waals surface area contributed by atoms with Gasteiger partial charge in [0.05, 0.1) is 23.1 Å². The van der Waals surface area contributed by atoms with Crippen LogP contribution in [-0.4, -0.2) is 39.4 Å². The van der Waals surface area contributed by atoms with Crippen molar-refractivity contribution in [1.82, 2.24) is 9.97 Å². The van der Waals surface area contributed by atoms with Gasteiger partial charge in [-0.05, 0) is 67.9 Å². The second-order valence-corrected chi connectivity index (χ2v) is 10.9. The monoisotopic (exact) mass is 528 g/mol. The predicted octanol–water partition coefficient (Wildman–Crippen LogP) is 5.59. The SMILES string of the molecule is CC1CCc2c1ncc(NC(=O)c1ccc(F)c(-c3c(F)cc(S(C)=O)cc3F)n1)c2N1CCCCC1. The van der Waals surface area contributed by atoms with E-state index in [0.717, 1.165) is 80.3 Å². The number of aromatic nitrogens is 2. The lowest BCUT2D eigenvalue weighted by Crippen LogP contribution is -2.31. The minimum atomic E-state index is -1.63. The third-order valence-corrected chi connectivity index (χ3v) is 7.96. The molecule has 3 aromatic rings. The molecule has 1 aromatic carbocycles. The summed E-state index contributed by atoms with van der Waals surface area (Å²) in [7, 11) is -1.63. The Labute approximate surface area is 215 Å². The molecule has 0 radical (unpaired) electrons. The van der Waals surface area contributed by atoms with Gasteiger partial charge in [0.1, 0.15) is 28.8 Å². The quantitative estimate of drug-likeness (QED) is 0.467. The summed E-state index contributed by atoms with van der Waals surface area (Å²) in [6.45, 7) is 3.90. The fraction of sp³-hybridized carbons (Fsp3) is 0.370. The van der Waals surface area contributed by atoms with Crippen LogP contribution in [0.1, 0.15) is 60.3 Å². The Hall–Kier alpha value is -3.27. The molecule has 1 N–H and O–H groups in total. The van der Waals surface area contributed by atoms with Crippen LogP contribution in [0.5, 0.6) is 0 Å². The normalized spacial score (nSPS) is 18.0. The molecule has 2 aliphatic rings. The number of carbonyl (C=O) groups excluding carboxylic acids is 1. The van der Waals surface area contributed by atoms with Gasteiger partial charge in [-0.25, -0.2) is 18.2 Å². The van der Waals surface area contributed by atoms with Crippen LogP contribution in [-0.2, 0) is 17.2 Å². The Balaban J connectivity index is 1.51. The number of hydrogen-bond acceptors (Lipinski definition) is 5. The van der Waals surface area contributed by atoms with Crippen LogP contribution in [0.15, 0.2) is 35.4 Å². The molecule has 1 amide bonds. The first-order valence-electron chi connectivity index (χ1n) is 12.3. The Morgan fingerprint density at radius 3 is 2.46 bits per heavy atom. The number of halogens is 3. The number of piperidine rings is 1. The summed E-state index contributed by atoms with van der Waals surface area (Å²) < 4.78 is 55.8. The molecule has 1 aliphatic carbocycles. The molecule has 2 atom stereocenters. The van der Waals surface area contributed by atoms with Crippen LogP contribution in [0.3, 0.4) is 0 Å². The zero-order chi connectivity index (χ0) is 26.3. The molecule has 10 heteroatoms. The summed E-state index contributed by atoms with van der Waals surface area (Å²) in [6, 6.07) is 3.88. The highest BCUT2D eigenvalue weighted by molar-refractivity contribution is 7.84. The summed E-state index contributed by atoms with van der Waals surface area (Å²) in [4.78, 5) is 24.1. The van der Waals surface area contributed by atoms with Gasteiger partial charge in [-0.2, -0.15) is 0 Å². The van der Waals surface area contributed by atoms with Crippen molar-refractivity contribution in [2.24, 2.45) is 0 Å². The minimum absolute atomic E-state index is 0.0725. The van der Waals surface area contributed by atoms with E-state index in [0.29, 0.717) is 11.6 Å². The highest BCUT2D eigenvalue weighted by Gasteiger charge is 2.29. The van der Waals surface area contributed by atoms with Gasteiger partial charge in [0.25, 0.3) is 5.91 Å². The number of nitrogens with zero attached hydrogens (tertiary/aromatic N) is 3. The van der Waals surface area contributed by atoms with Gasteiger partial charge in [0.15, 0.2) is 0 Å². The fourth-order valence-corrected chi connectivity index (χ4v) is 5.71. The maximum atomic E-state index is 14.7. The molecule has 0 bridgehead atoms. The van der Waals surface area contributed by atoms with E-state index < -0.39 is 45.4 Å². The van der Waals surface area contributed by atoms with Crippen molar-refractivity contribution in [1.29, 1.82) is 0 Å². The van der Waals surface area contributed by atoms with Crippen molar-refractivity contribution in [2.75, 3.05) is 29.6 Å². The first-order chi connectivity index (χ1) is 17.7. The van der Waals surface area contributed by atoms with Gasteiger partial charge in [0.2, 0.25) is 0 Å². The van der Waals surface area contributed by atoms with Crippen molar-refractivity contribution in [2.45, 2.75) is 49.8 Å². The molecule has 6 nitrogen and oxygen atoms in total. The summed E-state index contributed by atoms with van der Waals surface area (Å²) in [5, 5.41) is 2.86. The topological polar surface area (TPSA) is 75.2 Å². The molecule has 2 unspecified atom stereocenters. The smallest absolute Gasteiger partial charge is 0.274 e. The van der Waals surface area contributed by atoms with Crippen LogP contribution in [0.2, 0.25) is 0 Å². The first kappa shape index (κ1) is 25.4. The largest absolute Gasteiger partial charge is 0.370 e. The van der Waals surface area contributed by atoms with Crippen LogP contribution >= 0.6 is 0 Å². The van der Waals surface area contributed by atoms with Crippen molar-refractivity contribution in [3.05, 3.63) is 64.9 Å². The standard InChI is InChI=1S/C27H27F3N4O2S/c1-15-6-7-17-24(15)31-14-22(26(17)34-10-4-3-5-11-34)33-27(35)21-9-8-18(28)25(32-21)23-19(29)12-16(37(2)36)13-20(23)30/h8-9,12-15H,3-7,10-11H2,1-2H3,(H,33,35). The average Bonchev–Trinajstić information content (AvgIpc) is 3.25. The number of benzene rings is 1. The van der Waals surface area contributed by atoms with E-state index in [-0.39, 0.29) is 10.6 Å². The van der Waals surface area contributed by atoms with E-state index in [9.17, 15) is 22.2 Å². The third-order valence-electron chi connectivity index (χ3n) is 7.06. The van der Waals surface area contributed by atoms with Gasteiger partial charge < -0.3 is 10.2 Å². The van der Waals surface area contributed by atoms with Gasteiger partial charge in [-0.3, -0.25) is 14.0 Å². The number of carbonyl (C=O) groups is 1. The summed E-state index contributed by atoms with van der Waals surface area (Å²) in [5.74, 6) is -3.51. The second-order valence-electron chi connectivity index (χ2n) is 9.57. The van der Waals surface area contributed by atoms with Crippen LogP contribution in [0.4, 0.5) is 24.5 Å². The molecular weight excluding hydrogens is 501 g/mol. The van der Waals surface area contributed by atoms with E-state index >= 15 is 0 Å². The number of amides is 1. The van der Waals surface area contributed by atoms with E-state index in [2.05, 4.69) is 27.1 Å². The Bertz CT molecular complexity index is 1390. The average molecular weight is 529 g/mol. The highest BCUT2D eigenvalue weighted by atomic mass is 32.2. The van der Waals surface area contributed by atoms with Crippen LogP contribution in [0.25, 0.3) is 11.3 Å². The molecular formula is C27H27F3N4O2S. The number of nitrogens with one attached hydrogen (secondary N) is 1. The number of pyridine rings is 2. The molecule has 37 heavy (non-hydrogen) atoms. The molecule has 2 aromatic heterocycles. The highest BCUT2D eigenvalue weighted by Crippen LogP contribution is 2.42. The van der Waals surface area contributed by atoms with Crippen molar-refractivity contribution < 1.29 is 22.2 Å². The number of rotatable bonds is 5. The maximum Gasteiger partial charge on any atom is 0.274 e. The minimum Gasteiger partial charge on any atom is -0.370 e. The lowest BCUT2D eigenvalue weighted by molar-refractivity contribution is 0.102. The zero-order valence-electron chi connectivity index (χ0n) is 20.6. The number of fused-ring (bicyclic) bond motifs is 1. The molecule has 5 rings (SSSR count). The van der Waals surface area contributed by atoms with Gasteiger partial charge in [-0.15, -0.1) is 0 Å². The van der Waals surface area contributed by atoms with Crippen molar-refractivity contribution in [3.63, 3.8) is 0 Å². The van der Waals surface area contributed by atoms with Crippen molar-refractivity contribution >= 4 is 28.1 Å². The van der Waals surface area contributed by atoms with Gasteiger partial charge in [0, 0.05) is 40.7 Å². The zero-order valence-corrected chi connectivity index (χ0v) is 21.4.